The van der Waals surface area contributed by atoms with Crippen molar-refractivity contribution < 1.29 is 13.0 Å². The summed E-state index contributed by atoms with van der Waals surface area (Å²) in [6.45, 7) is 8.84. The van der Waals surface area contributed by atoms with Gasteiger partial charge in [-0.1, -0.05) is 105 Å². The number of benzene rings is 1. The third-order valence-electron chi connectivity index (χ3n) is 7.14. The van der Waals surface area contributed by atoms with Gasteiger partial charge in [0, 0.05) is 0 Å². The Morgan fingerprint density at radius 3 is 1.44 bits per heavy atom. The molecule has 0 atom stereocenters. The quantitative estimate of drug-likeness (QED) is 0.137. The predicted octanol–water partition coefficient (Wildman–Crippen LogP) is 9.42. The molecule has 0 unspecified atom stereocenters. The normalized spacial score (nSPS) is 11.9. The first-order valence-electron chi connectivity index (χ1n) is 14.5. The third-order valence-corrected chi connectivity index (χ3v) is 8.06. The largest absolute Gasteiger partial charge is 0.294 e. The topological polar surface area (TPSA) is 54.4 Å². The van der Waals surface area contributed by atoms with Crippen LogP contribution < -0.4 is 0 Å². The molecule has 1 aromatic rings. The van der Waals surface area contributed by atoms with Crippen molar-refractivity contribution in [1.29, 1.82) is 0 Å². The number of aryl methyl sites for hydroxylation is 1. The third kappa shape index (κ3) is 11.7. The molecule has 0 radical (unpaired) electrons. The molecule has 1 N–H and O–H groups in total. The molecule has 0 aliphatic heterocycles. The Balaban J connectivity index is 3.03. The van der Waals surface area contributed by atoms with Crippen LogP contribution in [0.25, 0.3) is 0 Å². The van der Waals surface area contributed by atoms with Crippen molar-refractivity contribution in [3.63, 3.8) is 0 Å². The van der Waals surface area contributed by atoms with Gasteiger partial charge in [-0.05, 0) is 79.7 Å². The van der Waals surface area contributed by atoms with E-state index in [4.69, 9.17) is 0 Å². The number of hydrogen-bond acceptors (Lipinski definition) is 2. The maximum absolute atomic E-state index is 12.5. The molecule has 198 valence electrons. The molecule has 0 aliphatic rings. The van der Waals surface area contributed by atoms with Crippen molar-refractivity contribution in [3.8, 4) is 0 Å². The molecule has 0 saturated heterocycles. The first kappa shape index (κ1) is 31.2. The molecule has 0 aliphatic carbocycles. The van der Waals surface area contributed by atoms with Gasteiger partial charge in [0.05, 0.1) is 4.90 Å². The van der Waals surface area contributed by atoms with Gasteiger partial charge in [-0.3, -0.25) is 4.55 Å². The molecular weight excluding hydrogens is 440 g/mol. The van der Waals surface area contributed by atoms with E-state index in [1.165, 1.54) is 62.5 Å². The maximum atomic E-state index is 12.5. The first-order chi connectivity index (χ1) is 16.4. The molecule has 0 spiro atoms. The fourth-order valence-corrected chi connectivity index (χ4v) is 5.89. The number of rotatable bonds is 21. The molecule has 0 heterocycles. The first-order valence-corrected chi connectivity index (χ1v) is 16.0. The van der Waals surface area contributed by atoms with E-state index in [1.54, 1.807) is 0 Å². The second-order valence-electron chi connectivity index (χ2n) is 10.2. The van der Waals surface area contributed by atoms with Gasteiger partial charge < -0.3 is 0 Å². The second-order valence-corrected chi connectivity index (χ2v) is 11.6. The van der Waals surface area contributed by atoms with E-state index in [1.807, 2.05) is 6.07 Å². The Bertz CT molecular complexity index is 768. The van der Waals surface area contributed by atoms with Crippen LogP contribution in [0.1, 0.15) is 153 Å². The lowest BCUT2D eigenvalue weighted by Gasteiger charge is -2.22. The Hall–Kier alpha value is -0.870. The molecule has 1 rings (SSSR count). The van der Waals surface area contributed by atoms with E-state index in [0.29, 0.717) is 0 Å². The summed E-state index contributed by atoms with van der Waals surface area (Å²) in [5, 5.41) is 0. The fraction of sp³-hybridized carbons (Fsp3) is 0.800. The van der Waals surface area contributed by atoms with Crippen molar-refractivity contribution >= 4 is 10.1 Å². The molecule has 0 aromatic heterocycles. The summed E-state index contributed by atoms with van der Waals surface area (Å²) in [6, 6.07) is 1.83. The Kier molecular flexibility index (Phi) is 16.9. The summed E-state index contributed by atoms with van der Waals surface area (Å²) in [6.07, 6.45) is 22.8. The number of hydrogen-bond donors (Lipinski definition) is 1. The van der Waals surface area contributed by atoms with Crippen molar-refractivity contribution in [3.05, 3.63) is 28.3 Å². The summed E-state index contributed by atoms with van der Waals surface area (Å²) in [5.41, 5.74) is 4.70. The summed E-state index contributed by atoms with van der Waals surface area (Å²) in [5.74, 6) is 0. The average Bonchev–Trinajstić information content (AvgIpc) is 2.81. The van der Waals surface area contributed by atoms with Crippen LogP contribution >= 0.6 is 0 Å². The molecule has 0 bridgehead atoms. The van der Waals surface area contributed by atoms with Gasteiger partial charge in [-0.2, -0.15) is 8.42 Å². The maximum Gasteiger partial charge on any atom is 0.294 e. The summed E-state index contributed by atoms with van der Waals surface area (Å²) in [7, 11) is -4.23. The lowest BCUT2D eigenvalue weighted by molar-refractivity contribution is 0.481. The van der Waals surface area contributed by atoms with E-state index in [0.717, 1.165) is 88.2 Å². The molecule has 4 heteroatoms. The predicted molar refractivity (Wildman–Crippen MR) is 148 cm³/mol. The smallest absolute Gasteiger partial charge is 0.282 e. The van der Waals surface area contributed by atoms with Crippen molar-refractivity contribution in [2.45, 2.75) is 161 Å². The highest BCUT2D eigenvalue weighted by Gasteiger charge is 2.23. The highest BCUT2D eigenvalue weighted by molar-refractivity contribution is 7.85. The summed E-state index contributed by atoms with van der Waals surface area (Å²) < 4.78 is 35.1. The van der Waals surface area contributed by atoms with Gasteiger partial charge in [-0.15, -0.1) is 0 Å². The van der Waals surface area contributed by atoms with Crippen molar-refractivity contribution in [2.24, 2.45) is 0 Å². The minimum atomic E-state index is -4.23. The van der Waals surface area contributed by atoms with Crippen LogP contribution in [0.3, 0.4) is 0 Å². The lowest BCUT2D eigenvalue weighted by Crippen LogP contribution is -2.13. The average molecular weight is 495 g/mol. The SMILES string of the molecule is CCCCCCCCCCCCc1c(S(=O)(=O)O)cc(CCCC)c(CCCC)c1CCCC. The van der Waals surface area contributed by atoms with Crippen LogP contribution in [0.4, 0.5) is 0 Å². The zero-order valence-electron chi connectivity index (χ0n) is 22.9. The van der Waals surface area contributed by atoms with E-state index < -0.39 is 10.1 Å². The highest BCUT2D eigenvalue weighted by atomic mass is 32.2. The van der Waals surface area contributed by atoms with Crippen molar-refractivity contribution in [1.82, 2.24) is 0 Å². The van der Waals surface area contributed by atoms with Gasteiger partial charge in [0.15, 0.2) is 0 Å². The summed E-state index contributed by atoms with van der Waals surface area (Å²) >= 11 is 0. The highest BCUT2D eigenvalue weighted by Crippen LogP contribution is 2.32. The second kappa shape index (κ2) is 18.4. The van der Waals surface area contributed by atoms with Gasteiger partial charge in [0.1, 0.15) is 0 Å². The molecule has 0 saturated carbocycles. The van der Waals surface area contributed by atoms with E-state index in [2.05, 4.69) is 27.7 Å². The van der Waals surface area contributed by atoms with Crippen LogP contribution in [-0.2, 0) is 35.8 Å². The van der Waals surface area contributed by atoms with Crippen LogP contribution in [0.2, 0.25) is 0 Å². The fourth-order valence-electron chi connectivity index (χ4n) is 5.06. The van der Waals surface area contributed by atoms with Crippen molar-refractivity contribution in [2.75, 3.05) is 0 Å². The Morgan fingerprint density at radius 1 is 0.529 bits per heavy atom. The van der Waals surface area contributed by atoms with Crippen LogP contribution in [0, 0.1) is 0 Å². The van der Waals surface area contributed by atoms with Gasteiger partial charge in [-0.25, -0.2) is 0 Å². The minimum absolute atomic E-state index is 0.195. The zero-order chi connectivity index (χ0) is 25.2. The minimum Gasteiger partial charge on any atom is -0.282 e. The molecule has 3 nitrogen and oxygen atoms in total. The molecule has 1 aromatic carbocycles. The molecule has 0 amide bonds. The molecular formula is C30H54O3S. The Morgan fingerprint density at radius 2 is 0.941 bits per heavy atom. The van der Waals surface area contributed by atoms with E-state index in [-0.39, 0.29) is 4.90 Å². The lowest BCUT2D eigenvalue weighted by atomic mass is 9.86. The van der Waals surface area contributed by atoms with Crippen LogP contribution in [0.5, 0.6) is 0 Å². The van der Waals surface area contributed by atoms with E-state index in [9.17, 15) is 13.0 Å². The molecule has 0 fully saturated rings. The Labute approximate surface area is 212 Å². The monoisotopic (exact) mass is 494 g/mol. The van der Waals surface area contributed by atoms with Crippen LogP contribution in [0.15, 0.2) is 11.0 Å². The van der Waals surface area contributed by atoms with Gasteiger partial charge >= 0.3 is 0 Å². The zero-order valence-corrected chi connectivity index (χ0v) is 23.7. The molecule has 34 heavy (non-hydrogen) atoms. The summed E-state index contributed by atoms with van der Waals surface area (Å²) in [4.78, 5) is 0.195. The van der Waals surface area contributed by atoms with E-state index >= 15 is 0 Å². The van der Waals surface area contributed by atoms with Gasteiger partial charge in [0.2, 0.25) is 0 Å². The number of unbranched alkanes of at least 4 members (excludes halogenated alkanes) is 12. The van der Waals surface area contributed by atoms with Crippen LogP contribution in [-0.4, -0.2) is 13.0 Å². The standard InChI is InChI=1S/C30H54O3S/c1-5-9-13-14-15-16-17-18-19-20-24-29-28(23-12-8-4)27(22-11-7-3)26(21-10-6-2)25-30(29)34(31,32)33/h25H,5-24H2,1-4H3,(H,31,32,33). The van der Waals surface area contributed by atoms with Gasteiger partial charge in [0.25, 0.3) is 10.1 Å².